The predicted octanol–water partition coefficient (Wildman–Crippen LogP) is 2.59. The van der Waals surface area contributed by atoms with Crippen molar-refractivity contribution in [3.05, 3.63) is 45.9 Å². The van der Waals surface area contributed by atoms with E-state index in [1.807, 2.05) is 19.1 Å². The molecule has 4 heteroatoms. The molecule has 1 aromatic rings. The molecular formula is C18H19F2NO. The van der Waals surface area contributed by atoms with Crippen LogP contribution in [0.5, 0.6) is 0 Å². The van der Waals surface area contributed by atoms with E-state index in [1.165, 1.54) is 6.08 Å². The van der Waals surface area contributed by atoms with Gasteiger partial charge in [-0.1, -0.05) is 19.1 Å². The van der Waals surface area contributed by atoms with Gasteiger partial charge in [-0.3, -0.25) is 0 Å². The minimum atomic E-state index is -1.01. The Morgan fingerprint density at radius 3 is 2.91 bits per heavy atom. The number of rotatable bonds is 4. The first-order valence-electron chi connectivity index (χ1n) is 7.66. The Morgan fingerprint density at radius 1 is 1.41 bits per heavy atom. The van der Waals surface area contributed by atoms with Gasteiger partial charge in [-0.15, -0.1) is 0 Å². The van der Waals surface area contributed by atoms with Gasteiger partial charge in [-0.25, -0.2) is 8.78 Å². The number of aldehydes is 1. The first-order valence-corrected chi connectivity index (χ1v) is 7.66. The fourth-order valence-electron chi connectivity index (χ4n) is 3.18. The largest absolute Gasteiger partial charge is 0.358 e. The molecule has 2 aliphatic carbocycles. The zero-order valence-electron chi connectivity index (χ0n) is 12.5. The Kier molecular flexibility index (Phi) is 4.10. The molecule has 0 saturated carbocycles. The van der Waals surface area contributed by atoms with Crippen molar-refractivity contribution in [2.45, 2.75) is 38.3 Å². The number of alkyl halides is 1. The number of nitrogens with one attached hydrogen (secondary N) is 1. The van der Waals surface area contributed by atoms with Gasteiger partial charge in [-0.05, 0) is 36.6 Å². The van der Waals surface area contributed by atoms with Crippen LogP contribution < -0.4 is 10.6 Å². The summed E-state index contributed by atoms with van der Waals surface area (Å²) >= 11 is 0. The van der Waals surface area contributed by atoms with Crippen LogP contribution in [0.2, 0.25) is 0 Å². The van der Waals surface area contributed by atoms with Crippen molar-refractivity contribution in [2.24, 2.45) is 5.92 Å². The molecule has 1 N–H and O–H groups in total. The quantitative estimate of drug-likeness (QED) is 0.852. The van der Waals surface area contributed by atoms with Gasteiger partial charge in [-0.2, -0.15) is 0 Å². The van der Waals surface area contributed by atoms with Crippen molar-refractivity contribution < 1.29 is 13.6 Å². The van der Waals surface area contributed by atoms with E-state index in [-0.39, 0.29) is 17.7 Å². The van der Waals surface area contributed by atoms with Crippen molar-refractivity contribution in [1.29, 1.82) is 0 Å². The van der Waals surface area contributed by atoms with Crippen molar-refractivity contribution >= 4 is 18.4 Å². The lowest BCUT2D eigenvalue weighted by Crippen LogP contribution is -2.33. The van der Waals surface area contributed by atoms with E-state index in [0.29, 0.717) is 19.3 Å². The number of carbonyl (C=O) groups is 1. The molecule has 1 aromatic heterocycles. The number of allylic oxidation sites excluding steroid dienone is 4. The Balaban J connectivity index is 2.09. The third kappa shape index (κ3) is 2.70. The van der Waals surface area contributed by atoms with E-state index in [2.05, 4.69) is 4.98 Å². The molecule has 3 rings (SSSR count). The van der Waals surface area contributed by atoms with Crippen molar-refractivity contribution in [3.63, 3.8) is 0 Å². The molecule has 0 saturated heterocycles. The van der Waals surface area contributed by atoms with Gasteiger partial charge < -0.3 is 9.78 Å². The van der Waals surface area contributed by atoms with Crippen LogP contribution in [0.3, 0.4) is 0 Å². The number of aromatic amines is 1. The maximum Gasteiger partial charge on any atom is 0.125 e. The number of halogens is 2. The highest BCUT2D eigenvalue weighted by atomic mass is 19.1. The van der Waals surface area contributed by atoms with Crippen LogP contribution in [-0.4, -0.2) is 17.4 Å². The normalized spacial score (nSPS) is 26.7. The van der Waals surface area contributed by atoms with Crippen LogP contribution in [0.4, 0.5) is 8.78 Å². The SMILES string of the molecule is CC1C=c2[nH]c(C3C=CC(F)=CC3)c(CCC=O)c2=CC1F. The zero-order valence-corrected chi connectivity index (χ0v) is 12.5. The van der Waals surface area contributed by atoms with Crippen molar-refractivity contribution in [3.8, 4) is 0 Å². The molecule has 2 nitrogen and oxygen atoms in total. The molecule has 2 aliphatic rings. The maximum atomic E-state index is 14.0. The van der Waals surface area contributed by atoms with Crippen molar-refractivity contribution in [2.75, 3.05) is 0 Å². The van der Waals surface area contributed by atoms with Crippen LogP contribution in [0.1, 0.15) is 36.9 Å². The summed E-state index contributed by atoms with van der Waals surface area (Å²) in [4.78, 5) is 14.1. The van der Waals surface area contributed by atoms with Crippen LogP contribution in [0.15, 0.2) is 24.1 Å². The number of H-pyrrole nitrogens is 1. The summed E-state index contributed by atoms with van der Waals surface area (Å²) in [6, 6.07) is 0. The monoisotopic (exact) mass is 303 g/mol. The van der Waals surface area contributed by atoms with Gasteiger partial charge in [0.2, 0.25) is 0 Å². The highest BCUT2D eigenvalue weighted by molar-refractivity contribution is 5.53. The molecule has 0 fully saturated rings. The highest BCUT2D eigenvalue weighted by Crippen LogP contribution is 2.27. The minimum absolute atomic E-state index is 0.0434. The van der Waals surface area contributed by atoms with E-state index >= 15 is 0 Å². The summed E-state index contributed by atoms with van der Waals surface area (Å²) in [5.74, 6) is -0.350. The Bertz CT molecular complexity index is 757. The number of hydrogen-bond donors (Lipinski definition) is 1. The highest BCUT2D eigenvalue weighted by Gasteiger charge is 2.22. The second kappa shape index (κ2) is 6.03. The topological polar surface area (TPSA) is 32.9 Å². The third-order valence-corrected chi connectivity index (χ3v) is 4.40. The summed E-state index contributed by atoms with van der Waals surface area (Å²) in [5.41, 5.74) is 1.96. The average molecular weight is 303 g/mol. The molecule has 0 spiro atoms. The molecule has 0 bridgehead atoms. The molecule has 22 heavy (non-hydrogen) atoms. The molecule has 0 aromatic carbocycles. The molecule has 0 radical (unpaired) electrons. The van der Waals surface area contributed by atoms with Gasteiger partial charge in [0.15, 0.2) is 0 Å². The van der Waals surface area contributed by atoms with E-state index in [0.717, 1.165) is 28.1 Å². The van der Waals surface area contributed by atoms with Crippen LogP contribution in [0, 0.1) is 5.92 Å². The van der Waals surface area contributed by atoms with Crippen LogP contribution in [0.25, 0.3) is 12.2 Å². The lowest BCUT2D eigenvalue weighted by molar-refractivity contribution is -0.107. The molecule has 0 aliphatic heterocycles. The third-order valence-electron chi connectivity index (χ3n) is 4.40. The summed E-state index contributed by atoms with van der Waals surface area (Å²) in [6.45, 7) is 1.84. The molecule has 0 amide bonds. The van der Waals surface area contributed by atoms with E-state index in [4.69, 9.17) is 0 Å². The van der Waals surface area contributed by atoms with Gasteiger partial charge >= 0.3 is 0 Å². The maximum absolute atomic E-state index is 14.0. The second-order valence-corrected chi connectivity index (χ2v) is 5.98. The fraction of sp³-hybridized carbons (Fsp3) is 0.389. The molecule has 116 valence electrons. The van der Waals surface area contributed by atoms with Gasteiger partial charge in [0.1, 0.15) is 18.3 Å². The summed E-state index contributed by atoms with van der Waals surface area (Å²) in [6.07, 6.45) is 9.81. The Hall–Kier alpha value is -1.97. The van der Waals surface area contributed by atoms with E-state index < -0.39 is 6.17 Å². The van der Waals surface area contributed by atoms with Gasteiger partial charge in [0, 0.05) is 34.5 Å². The zero-order chi connectivity index (χ0) is 15.7. The van der Waals surface area contributed by atoms with Crippen LogP contribution >= 0.6 is 0 Å². The predicted molar refractivity (Wildman–Crippen MR) is 83.1 cm³/mol. The molecule has 3 unspecified atom stereocenters. The number of aromatic nitrogens is 1. The first-order chi connectivity index (χ1) is 10.6. The van der Waals surface area contributed by atoms with E-state index in [9.17, 15) is 13.6 Å². The number of hydrogen-bond acceptors (Lipinski definition) is 1. The van der Waals surface area contributed by atoms with Gasteiger partial charge in [0.05, 0.1) is 0 Å². The lowest BCUT2D eigenvalue weighted by atomic mass is 9.91. The van der Waals surface area contributed by atoms with Crippen LogP contribution in [-0.2, 0) is 11.2 Å². The minimum Gasteiger partial charge on any atom is -0.358 e. The fourth-order valence-corrected chi connectivity index (χ4v) is 3.18. The number of fused-ring (bicyclic) bond motifs is 1. The summed E-state index contributed by atoms with van der Waals surface area (Å²) in [7, 11) is 0. The molecule has 1 heterocycles. The summed E-state index contributed by atoms with van der Waals surface area (Å²) in [5, 5.41) is 1.78. The lowest BCUT2D eigenvalue weighted by Gasteiger charge is -2.14. The summed E-state index contributed by atoms with van der Waals surface area (Å²) < 4.78 is 27.2. The van der Waals surface area contributed by atoms with E-state index in [1.54, 1.807) is 12.2 Å². The smallest absolute Gasteiger partial charge is 0.125 e. The Labute approximate surface area is 127 Å². The second-order valence-electron chi connectivity index (χ2n) is 5.98. The molecule has 3 atom stereocenters. The average Bonchev–Trinajstić information content (AvgIpc) is 2.84. The van der Waals surface area contributed by atoms with Gasteiger partial charge in [0.25, 0.3) is 0 Å². The molecular weight excluding hydrogens is 284 g/mol. The first kappa shape index (κ1) is 14.9. The standard InChI is InChI=1S/C18H19F2NO/c1-11-9-17-15(10-16(11)20)14(3-2-8-22)18(21-17)12-4-6-13(19)7-5-12/h4,6-12,16,21H,2-3,5H2,1H3. The Morgan fingerprint density at radius 2 is 2.23 bits per heavy atom. The number of carbonyl (C=O) groups excluding carboxylic acids is 1. The van der Waals surface area contributed by atoms with Crippen molar-refractivity contribution in [1.82, 2.24) is 4.98 Å².